The summed E-state index contributed by atoms with van der Waals surface area (Å²) in [5, 5.41) is 0.346. The lowest BCUT2D eigenvalue weighted by molar-refractivity contribution is 0.605. The van der Waals surface area contributed by atoms with Gasteiger partial charge in [-0.3, -0.25) is 0 Å². The van der Waals surface area contributed by atoms with Crippen LogP contribution in [0.25, 0.3) is 0 Å². The van der Waals surface area contributed by atoms with Gasteiger partial charge in [0.25, 0.3) is 0 Å². The predicted molar refractivity (Wildman–Crippen MR) is 59.8 cm³/mol. The third-order valence-corrected chi connectivity index (χ3v) is 2.85. The van der Waals surface area contributed by atoms with Gasteiger partial charge in [-0.05, 0) is 31.7 Å². The van der Waals surface area contributed by atoms with Gasteiger partial charge in [0, 0.05) is 19.3 Å². The fourth-order valence-electron chi connectivity index (χ4n) is 1.62. The zero-order valence-corrected chi connectivity index (χ0v) is 9.47. The molecule has 1 aliphatic rings. The number of hydrogen-bond acceptors (Lipinski definition) is 2. The van der Waals surface area contributed by atoms with Crippen LogP contribution in [0, 0.1) is 11.7 Å². The molecule has 2 nitrogen and oxygen atoms in total. The van der Waals surface area contributed by atoms with Gasteiger partial charge >= 0.3 is 0 Å². The zero-order chi connectivity index (χ0) is 10.8. The first-order valence-electron chi connectivity index (χ1n) is 5.26. The van der Waals surface area contributed by atoms with E-state index in [0.717, 1.165) is 19.0 Å². The molecular formula is C11H14ClFN2. The smallest absolute Gasteiger partial charge is 0.167 e. The van der Waals surface area contributed by atoms with Gasteiger partial charge in [-0.25, -0.2) is 9.37 Å². The van der Waals surface area contributed by atoms with Crippen molar-refractivity contribution in [2.75, 3.05) is 18.0 Å². The third-order valence-electron chi connectivity index (χ3n) is 2.65. The Balaban J connectivity index is 2.16. The lowest BCUT2D eigenvalue weighted by Crippen LogP contribution is -2.27. The first-order valence-corrected chi connectivity index (χ1v) is 5.64. The molecule has 1 saturated carbocycles. The third kappa shape index (κ3) is 2.59. The van der Waals surface area contributed by atoms with Gasteiger partial charge in [0.2, 0.25) is 0 Å². The molecule has 0 radical (unpaired) electrons. The molecule has 0 amide bonds. The van der Waals surface area contributed by atoms with E-state index in [1.54, 1.807) is 0 Å². The van der Waals surface area contributed by atoms with E-state index in [4.69, 9.17) is 11.6 Å². The van der Waals surface area contributed by atoms with Gasteiger partial charge in [-0.1, -0.05) is 11.6 Å². The molecule has 4 heteroatoms. The molecule has 2 rings (SSSR count). The molecule has 0 unspecified atom stereocenters. The first kappa shape index (κ1) is 10.7. The lowest BCUT2D eigenvalue weighted by Gasteiger charge is -2.22. The van der Waals surface area contributed by atoms with Crippen molar-refractivity contribution >= 4 is 17.4 Å². The lowest BCUT2D eigenvalue weighted by atomic mass is 10.3. The van der Waals surface area contributed by atoms with Gasteiger partial charge < -0.3 is 4.90 Å². The number of halogens is 2. The molecule has 0 N–H and O–H groups in total. The molecule has 15 heavy (non-hydrogen) atoms. The highest BCUT2D eigenvalue weighted by Gasteiger charge is 2.25. The molecule has 1 aromatic heterocycles. The summed E-state index contributed by atoms with van der Waals surface area (Å²) in [7, 11) is 0. The Morgan fingerprint density at radius 3 is 2.87 bits per heavy atom. The van der Waals surface area contributed by atoms with E-state index in [-0.39, 0.29) is 5.82 Å². The second-order valence-corrected chi connectivity index (χ2v) is 4.38. The normalized spacial score (nSPS) is 15.4. The monoisotopic (exact) mass is 228 g/mol. The Hall–Kier alpha value is -0.830. The van der Waals surface area contributed by atoms with Crippen molar-refractivity contribution in [3.63, 3.8) is 0 Å². The van der Waals surface area contributed by atoms with Gasteiger partial charge in [-0.2, -0.15) is 0 Å². The molecule has 1 aromatic rings. The van der Waals surface area contributed by atoms with Crippen molar-refractivity contribution in [2.24, 2.45) is 5.92 Å². The molecule has 0 spiro atoms. The summed E-state index contributed by atoms with van der Waals surface area (Å²) in [6, 6.07) is 1.32. The molecule has 0 aliphatic heterocycles. The second-order valence-electron chi connectivity index (χ2n) is 3.94. The highest BCUT2D eigenvalue weighted by Crippen LogP contribution is 2.31. The number of anilines is 1. The van der Waals surface area contributed by atoms with Crippen LogP contribution in [-0.2, 0) is 0 Å². The Morgan fingerprint density at radius 1 is 1.60 bits per heavy atom. The van der Waals surface area contributed by atoms with Crippen LogP contribution in [0.1, 0.15) is 19.8 Å². The predicted octanol–water partition coefficient (Wildman–Crippen LogP) is 3.11. The molecule has 1 fully saturated rings. The SMILES string of the molecule is CCN(CC1CC1)c1ncc(Cl)cc1F. The number of rotatable bonds is 4. The maximum absolute atomic E-state index is 13.6. The minimum atomic E-state index is -0.329. The van der Waals surface area contributed by atoms with Crippen molar-refractivity contribution in [3.05, 3.63) is 23.1 Å². The number of hydrogen-bond donors (Lipinski definition) is 0. The quantitative estimate of drug-likeness (QED) is 0.787. The van der Waals surface area contributed by atoms with Crippen LogP contribution in [0.15, 0.2) is 12.3 Å². The van der Waals surface area contributed by atoms with E-state index in [2.05, 4.69) is 4.98 Å². The van der Waals surface area contributed by atoms with Crippen molar-refractivity contribution in [2.45, 2.75) is 19.8 Å². The van der Waals surface area contributed by atoms with Crippen LogP contribution in [0.5, 0.6) is 0 Å². The highest BCUT2D eigenvalue weighted by molar-refractivity contribution is 6.30. The van der Waals surface area contributed by atoms with Crippen LogP contribution in [0.4, 0.5) is 10.2 Å². The highest BCUT2D eigenvalue weighted by atomic mass is 35.5. The van der Waals surface area contributed by atoms with E-state index in [0.29, 0.717) is 10.8 Å². The van der Waals surface area contributed by atoms with Crippen molar-refractivity contribution < 1.29 is 4.39 Å². The summed E-state index contributed by atoms with van der Waals surface area (Å²) in [5.41, 5.74) is 0. The number of nitrogens with zero attached hydrogens (tertiary/aromatic N) is 2. The van der Waals surface area contributed by atoms with Gasteiger partial charge in [0.15, 0.2) is 11.6 Å². The average Bonchev–Trinajstić information content (AvgIpc) is 2.99. The topological polar surface area (TPSA) is 16.1 Å². The van der Waals surface area contributed by atoms with Crippen molar-refractivity contribution in [1.82, 2.24) is 4.98 Å². The minimum Gasteiger partial charge on any atom is -0.354 e. The van der Waals surface area contributed by atoms with Crippen LogP contribution < -0.4 is 4.90 Å². The Bertz CT molecular complexity index is 352. The Morgan fingerprint density at radius 2 is 2.33 bits per heavy atom. The fourth-order valence-corrected chi connectivity index (χ4v) is 1.76. The maximum Gasteiger partial charge on any atom is 0.167 e. The average molecular weight is 229 g/mol. The van der Waals surface area contributed by atoms with Crippen LogP contribution in [-0.4, -0.2) is 18.1 Å². The molecule has 82 valence electrons. The summed E-state index contributed by atoms with van der Waals surface area (Å²) in [5.74, 6) is 0.820. The van der Waals surface area contributed by atoms with Crippen LogP contribution in [0.3, 0.4) is 0 Å². The molecule has 1 heterocycles. The van der Waals surface area contributed by atoms with Crippen LogP contribution >= 0.6 is 11.6 Å². The van der Waals surface area contributed by atoms with Gasteiger partial charge in [-0.15, -0.1) is 0 Å². The van der Waals surface area contributed by atoms with Crippen molar-refractivity contribution in [1.29, 1.82) is 0 Å². The first-order chi connectivity index (χ1) is 7.20. The standard InChI is InChI=1S/C11H14ClFN2/c1-2-15(7-8-3-4-8)11-10(13)5-9(12)6-14-11/h5-6,8H,2-4,7H2,1H3. The summed E-state index contributed by atoms with van der Waals surface area (Å²) < 4.78 is 13.6. The van der Waals surface area contributed by atoms with E-state index < -0.39 is 0 Å². The summed E-state index contributed by atoms with van der Waals surface area (Å²) >= 11 is 5.66. The molecular weight excluding hydrogens is 215 g/mol. The summed E-state index contributed by atoms with van der Waals surface area (Å²) in [4.78, 5) is 6.02. The van der Waals surface area contributed by atoms with E-state index in [1.165, 1.54) is 25.1 Å². The van der Waals surface area contributed by atoms with Crippen LogP contribution in [0.2, 0.25) is 5.02 Å². The Kier molecular flexibility index (Phi) is 3.10. The van der Waals surface area contributed by atoms with E-state index >= 15 is 0 Å². The summed E-state index contributed by atoms with van der Waals surface area (Å²) in [6.45, 7) is 3.70. The molecule has 0 bridgehead atoms. The number of aromatic nitrogens is 1. The second kappa shape index (κ2) is 4.35. The van der Waals surface area contributed by atoms with E-state index in [1.807, 2.05) is 11.8 Å². The molecule has 0 aromatic carbocycles. The van der Waals surface area contributed by atoms with Gasteiger partial charge in [0.05, 0.1) is 5.02 Å². The largest absolute Gasteiger partial charge is 0.354 e. The van der Waals surface area contributed by atoms with Crippen molar-refractivity contribution in [3.8, 4) is 0 Å². The fraction of sp³-hybridized carbons (Fsp3) is 0.545. The van der Waals surface area contributed by atoms with Gasteiger partial charge in [0.1, 0.15) is 0 Å². The zero-order valence-electron chi connectivity index (χ0n) is 8.71. The summed E-state index contributed by atoms with van der Waals surface area (Å²) in [6.07, 6.45) is 4.01. The molecule has 0 saturated heterocycles. The minimum absolute atomic E-state index is 0.329. The Labute approximate surface area is 94.1 Å². The molecule has 1 aliphatic carbocycles. The van der Waals surface area contributed by atoms with E-state index in [9.17, 15) is 4.39 Å². The molecule has 0 atom stereocenters. The maximum atomic E-state index is 13.6. The number of pyridine rings is 1.